The van der Waals surface area contributed by atoms with E-state index in [1.165, 1.54) is 76.1 Å². The van der Waals surface area contributed by atoms with Gasteiger partial charge in [-0.15, -0.1) is 0 Å². The number of rotatable bonds is 18. The summed E-state index contributed by atoms with van der Waals surface area (Å²) in [5, 5.41) is 0. The average molecular weight is 589 g/mol. The van der Waals surface area contributed by atoms with Gasteiger partial charge in [-0.1, -0.05) is 83.1 Å². The maximum absolute atomic E-state index is 12.7. The molecule has 0 aliphatic rings. The van der Waals surface area contributed by atoms with Crippen LogP contribution >= 0.6 is 0 Å². The third kappa shape index (κ3) is 11.6. The Hall–Kier alpha value is -4.13. The third-order valence-corrected chi connectivity index (χ3v) is 6.94. The molecule has 0 aliphatic heterocycles. The van der Waals surface area contributed by atoms with Gasteiger partial charge in [-0.25, -0.2) is 14.4 Å². The van der Waals surface area contributed by atoms with Crippen LogP contribution in [0.2, 0.25) is 0 Å². The van der Waals surface area contributed by atoms with Crippen LogP contribution in [0.25, 0.3) is 11.1 Å². The predicted octanol–water partition coefficient (Wildman–Crippen LogP) is 8.59. The molecule has 1 atom stereocenters. The first-order chi connectivity index (χ1) is 20.9. The van der Waals surface area contributed by atoms with Gasteiger partial charge in [0.2, 0.25) is 0 Å². The molecule has 3 aromatic rings. The zero-order chi connectivity index (χ0) is 30.9. The second-order valence-corrected chi connectivity index (χ2v) is 10.6. The molecule has 0 fully saturated rings. The van der Waals surface area contributed by atoms with Crippen molar-refractivity contribution in [1.29, 1.82) is 0 Å². The number of ether oxygens (including phenoxy) is 4. The number of hydrogen-bond donors (Lipinski definition) is 0. The lowest BCUT2D eigenvalue weighted by molar-refractivity contribution is -0.153. The van der Waals surface area contributed by atoms with Gasteiger partial charge in [-0.05, 0) is 79.4 Å². The van der Waals surface area contributed by atoms with Crippen molar-refractivity contribution in [3.05, 3.63) is 83.9 Å². The number of benzene rings is 3. The van der Waals surface area contributed by atoms with Crippen molar-refractivity contribution < 1.29 is 33.3 Å². The van der Waals surface area contributed by atoms with Gasteiger partial charge < -0.3 is 18.9 Å². The second kappa shape index (κ2) is 18.4. The van der Waals surface area contributed by atoms with Crippen LogP contribution in [0.5, 0.6) is 11.5 Å². The third-order valence-electron chi connectivity index (χ3n) is 6.94. The highest BCUT2D eigenvalue weighted by molar-refractivity contribution is 5.93. The van der Waals surface area contributed by atoms with Crippen LogP contribution in [-0.2, 0) is 14.3 Å². The highest BCUT2D eigenvalue weighted by Gasteiger charge is 2.20. The molecule has 0 bridgehead atoms. The van der Waals surface area contributed by atoms with Gasteiger partial charge in [-0.3, -0.25) is 0 Å². The summed E-state index contributed by atoms with van der Waals surface area (Å²) in [5.41, 5.74) is 2.62. The highest BCUT2D eigenvalue weighted by atomic mass is 16.6. The Morgan fingerprint density at radius 1 is 0.581 bits per heavy atom. The summed E-state index contributed by atoms with van der Waals surface area (Å²) in [7, 11) is 0. The number of carbonyl (C=O) groups excluding carboxylic acids is 3. The van der Waals surface area contributed by atoms with Gasteiger partial charge in [0, 0.05) is 0 Å². The quantitative estimate of drug-likeness (QED) is 0.0835. The maximum Gasteiger partial charge on any atom is 0.347 e. The second-order valence-electron chi connectivity index (χ2n) is 10.6. The first-order valence-corrected chi connectivity index (χ1v) is 15.4. The summed E-state index contributed by atoms with van der Waals surface area (Å²) in [6.07, 6.45) is 9.85. The monoisotopic (exact) mass is 588 g/mol. The lowest BCUT2D eigenvalue weighted by Crippen LogP contribution is -2.26. The smallest absolute Gasteiger partial charge is 0.347 e. The van der Waals surface area contributed by atoms with Crippen molar-refractivity contribution in [2.75, 3.05) is 13.2 Å². The van der Waals surface area contributed by atoms with Crippen LogP contribution in [0.15, 0.2) is 72.8 Å². The molecule has 0 aromatic heterocycles. The topological polar surface area (TPSA) is 88.1 Å². The fourth-order valence-electron chi connectivity index (χ4n) is 4.39. The molecule has 3 rings (SSSR count). The fourth-order valence-corrected chi connectivity index (χ4v) is 4.39. The summed E-state index contributed by atoms with van der Waals surface area (Å²) in [4.78, 5) is 36.8. The van der Waals surface area contributed by atoms with E-state index in [-0.39, 0.29) is 17.9 Å². The van der Waals surface area contributed by atoms with E-state index in [0.29, 0.717) is 12.0 Å². The normalized spacial score (nSPS) is 11.4. The molecule has 7 heteroatoms. The van der Waals surface area contributed by atoms with Crippen LogP contribution in [0.3, 0.4) is 0 Å². The van der Waals surface area contributed by atoms with E-state index in [9.17, 15) is 14.4 Å². The number of carbonyl (C=O) groups is 3. The van der Waals surface area contributed by atoms with Crippen molar-refractivity contribution >= 4 is 17.9 Å². The van der Waals surface area contributed by atoms with E-state index in [2.05, 4.69) is 6.92 Å². The SMILES string of the molecule is CCCCCCCCCCOc1ccc(-c2ccc(C(=O)Oc3ccc(C(=O)OC(C)C(=O)OCCC)cc3)cc2)cc1. The van der Waals surface area contributed by atoms with Crippen molar-refractivity contribution in [1.82, 2.24) is 0 Å². The molecule has 0 N–H and O–H groups in total. The maximum atomic E-state index is 12.7. The Morgan fingerprint density at radius 3 is 1.70 bits per heavy atom. The number of hydrogen-bond acceptors (Lipinski definition) is 7. The number of unbranched alkanes of at least 4 members (excludes halogenated alkanes) is 7. The molecule has 0 heterocycles. The van der Waals surface area contributed by atoms with Crippen LogP contribution < -0.4 is 9.47 Å². The predicted molar refractivity (Wildman–Crippen MR) is 168 cm³/mol. The zero-order valence-corrected chi connectivity index (χ0v) is 25.6. The Morgan fingerprint density at radius 2 is 1.09 bits per heavy atom. The average Bonchev–Trinajstić information content (AvgIpc) is 3.03. The van der Waals surface area contributed by atoms with Crippen LogP contribution in [0, 0.1) is 0 Å². The van der Waals surface area contributed by atoms with Gasteiger partial charge in [0.15, 0.2) is 6.10 Å². The van der Waals surface area contributed by atoms with Crippen LogP contribution in [0.4, 0.5) is 0 Å². The Kier molecular flexibility index (Phi) is 14.3. The van der Waals surface area contributed by atoms with Crippen LogP contribution in [-0.4, -0.2) is 37.2 Å². The van der Waals surface area contributed by atoms with Crippen molar-refractivity contribution in [2.24, 2.45) is 0 Å². The highest BCUT2D eigenvalue weighted by Crippen LogP contribution is 2.24. The Bertz CT molecular complexity index is 1260. The van der Waals surface area contributed by atoms with E-state index in [1.54, 1.807) is 12.1 Å². The first-order valence-electron chi connectivity index (χ1n) is 15.4. The standard InChI is InChI=1S/C36H44O7/c1-4-6-7-8-9-10-11-12-26-40-32-21-17-29(18-22-32)28-13-15-30(16-14-28)36(39)43-33-23-19-31(20-24-33)35(38)42-27(3)34(37)41-25-5-2/h13-24,27H,4-12,25-26H2,1-3H3. The summed E-state index contributed by atoms with van der Waals surface area (Å²) < 4.78 is 21.5. The van der Waals surface area contributed by atoms with E-state index in [1.807, 2.05) is 43.3 Å². The molecule has 230 valence electrons. The van der Waals surface area contributed by atoms with Gasteiger partial charge in [0.25, 0.3) is 0 Å². The molecule has 0 saturated carbocycles. The summed E-state index contributed by atoms with van der Waals surface area (Å²) in [6.45, 7) is 6.58. The van der Waals surface area contributed by atoms with Gasteiger partial charge in [0.1, 0.15) is 11.5 Å². The van der Waals surface area contributed by atoms with Gasteiger partial charge in [0.05, 0.1) is 24.3 Å². The van der Waals surface area contributed by atoms with E-state index in [4.69, 9.17) is 18.9 Å². The largest absolute Gasteiger partial charge is 0.494 e. The molecule has 0 aliphatic carbocycles. The lowest BCUT2D eigenvalue weighted by Gasteiger charge is -2.12. The number of esters is 3. The van der Waals surface area contributed by atoms with E-state index >= 15 is 0 Å². The van der Waals surface area contributed by atoms with Crippen molar-refractivity contribution in [3.8, 4) is 22.6 Å². The molecule has 0 saturated heterocycles. The summed E-state index contributed by atoms with van der Waals surface area (Å²) in [6, 6.07) is 21.1. The Balaban J connectivity index is 1.43. The molecular formula is C36H44O7. The molecule has 0 spiro atoms. The van der Waals surface area contributed by atoms with Gasteiger partial charge in [-0.2, -0.15) is 0 Å². The molecule has 43 heavy (non-hydrogen) atoms. The minimum atomic E-state index is -1.02. The summed E-state index contributed by atoms with van der Waals surface area (Å²) >= 11 is 0. The minimum Gasteiger partial charge on any atom is -0.494 e. The molecule has 1 unspecified atom stereocenters. The van der Waals surface area contributed by atoms with Crippen molar-refractivity contribution in [3.63, 3.8) is 0 Å². The molecule has 7 nitrogen and oxygen atoms in total. The van der Waals surface area contributed by atoms with Gasteiger partial charge >= 0.3 is 17.9 Å². The fraction of sp³-hybridized carbons (Fsp3) is 0.417. The Labute approximate surface area is 255 Å². The lowest BCUT2D eigenvalue weighted by atomic mass is 10.0. The molecule has 0 radical (unpaired) electrons. The van der Waals surface area contributed by atoms with Crippen LogP contribution in [0.1, 0.15) is 99.3 Å². The molecule has 3 aromatic carbocycles. The first kappa shape index (κ1) is 33.4. The molecule has 0 amide bonds. The summed E-state index contributed by atoms with van der Waals surface area (Å²) in [5.74, 6) is -0.641. The van der Waals surface area contributed by atoms with E-state index < -0.39 is 24.0 Å². The minimum absolute atomic E-state index is 0.226. The zero-order valence-electron chi connectivity index (χ0n) is 25.6. The van der Waals surface area contributed by atoms with E-state index in [0.717, 1.165) is 29.9 Å². The van der Waals surface area contributed by atoms with Crippen molar-refractivity contribution in [2.45, 2.75) is 84.7 Å². The molecular weight excluding hydrogens is 544 g/mol.